The molecule has 1 fully saturated rings. The predicted molar refractivity (Wildman–Crippen MR) is 228 cm³/mol. The lowest BCUT2D eigenvalue weighted by Gasteiger charge is -2.34. The Balaban J connectivity index is 0.833. The van der Waals surface area contributed by atoms with E-state index in [1.165, 1.54) is 6.33 Å². The fourth-order valence-corrected chi connectivity index (χ4v) is 7.62. The molecule has 13 nitrogen and oxygen atoms in total. The number of nitrogen functional groups attached to an aromatic ring is 1. The summed E-state index contributed by atoms with van der Waals surface area (Å²) in [6.07, 6.45) is 7.58. The van der Waals surface area contributed by atoms with Crippen molar-refractivity contribution in [2.75, 3.05) is 43.8 Å². The number of aromatic nitrogens is 3. The van der Waals surface area contributed by atoms with Gasteiger partial charge in [0.25, 0.3) is 5.91 Å². The van der Waals surface area contributed by atoms with Gasteiger partial charge < -0.3 is 25.4 Å². The number of fused-ring (bicyclic) bond motifs is 2. The first kappa shape index (κ1) is 39.5. The molecule has 15 heteroatoms. The van der Waals surface area contributed by atoms with Crippen molar-refractivity contribution in [3.63, 3.8) is 0 Å². The van der Waals surface area contributed by atoms with Crippen LogP contribution in [0.15, 0.2) is 126 Å². The summed E-state index contributed by atoms with van der Waals surface area (Å²) in [5.41, 5.74) is 12.2. The third-order valence-electron chi connectivity index (χ3n) is 10.7. The molecular formula is C45H42BFN9O4+. The average Bonchev–Trinajstić information content (AvgIpc) is 3.80. The summed E-state index contributed by atoms with van der Waals surface area (Å²) in [7, 11) is -1.36. The van der Waals surface area contributed by atoms with Crippen molar-refractivity contribution in [1.29, 1.82) is 5.26 Å². The molecule has 0 radical (unpaired) electrons. The Hall–Kier alpha value is -7.31. The van der Waals surface area contributed by atoms with Crippen LogP contribution in [0.3, 0.4) is 0 Å². The first-order chi connectivity index (χ1) is 29.1. The number of nitrogens with one attached hydrogen (secondary N) is 1. The summed E-state index contributed by atoms with van der Waals surface area (Å²) >= 11 is 0. The predicted octanol–water partition coefficient (Wildman–Crippen LogP) is 6.87. The average molecular weight is 803 g/mol. The highest BCUT2D eigenvalue weighted by Crippen LogP contribution is 2.37. The van der Waals surface area contributed by atoms with Crippen LogP contribution >= 0.6 is 0 Å². The van der Waals surface area contributed by atoms with E-state index in [0.717, 1.165) is 28.4 Å². The zero-order valence-corrected chi connectivity index (χ0v) is 33.2. The van der Waals surface area contributed by atoms with Crippen molar-refractivity contribution in [2.45, 2.75) is 26.7 Å². The highest BCUT2D eigenvalue weighted by atomic mass is 19.1. The second-order valence-electron chi connectivity index (χ2n) is 14.7. The smallest absolute Gasteiger partial charge is 0.457 e. The number of amides is 2. The largest absolute Gasteiger partial charge is 0.846 e. The van der Waals surface area contributed by atoms with Gasteiger partial charge in [-0.25, -0.2) is 18.8 Å². The van der Waals surface area contributed by atoms with Crippen LogP contribution in [0.2, 0.25) is 0 Å². The maximum atomic E-state index is 15.7. The Morgan fingerprint density at radius 2 is 1.68 bits per heavy atom. The second kappa shape index (κ2) is 17.3. The van der Waals surface area contributed by atoms with Gasteiger partial charge in [0.15, 0.2) is 11.4 Å². The Kier molecular flexibility index (Phi) is 11.4. The van der Waals surface area contributed by atoms with Crippen molar-refractivity contribution in [3.05, 3.63) is 138 Å². The number of benzene rings is 3. The number of hydrogen-bond donors (Lipinski definition) is 2. The lowest BCUT2D eigenvalue weighted by atomic mass is 9.95. The van der Waals surface area contributed by atoms with Crippen LogP contribution in [0.1, 0.15) is 31.7 Å². The maximum absolute atomic E-state index is 15.7. The number of anilines is 2. The first-order valence-electron chi connectivity index (χ1n) is 19.7. The van der Waals surface area contributed by atoms with Gasteiger partial charge in [-0.05, 0) is 73.5 Å². The number of carbonyl (C=O) groups excluding carboxylic acids is 2. The fourth-order valence-electron chi connectivity index (χ4n) is 7.62. The monoisotopic (exact) mass is 802 g/mol. The molecule has 2 amide bonds. The SMILES string of the molecule is CC1=CC(C)=[N+]2B(F)n3c(ccc3CCC(=O)N3CCN(C/C=C(\C#N)C(=O)Nc4cccc(Oc5ncnc(N)c5-c5ccc(Oc6ccccc6)cc5)c4)CC3)C=C12. The lowest BCUT2D eigenvalue weighted by Crippen LogP contribution is -2.48. The molecule has 0 bridgehead atoms. The molecule has 0 aliphatic carbocycles. The lowest BCUT2D eigenvalue weighted by molar-refractivity contribution is -0.336. The quantitative estimate of drug-likeness (QED) is 0.0782. The molecule has 0 unspecified atom stereocenters. The van der Waals surface area contributed by atoms with Crippen LogP contribution in [0.4, 0.5) is 15.8 Å². The molecule has 60 heavy (non-hydrogen) atoms. The molecule has 3 aliphatic rings. The van der Waals surface area contributed by atoms with Crippen molar-refractivity contribution < 1.29 is 27.9 Å². The molecule has 5 heterocycles. The number of nitrogens with zero attached hydrogens (tertiary/aromatic N) is 7. The van der Waals surface area contributed by atoms with Crippen LogP contribution in [0.5, 0.6) is 23.1 Å². The topological polar surface area (TPSA) is 155 Å². The second-order valence-corrected chi connectivity index (χ2v) is 14.7. The van der Waals surface area contributed by atoms with Gasteiger partial charge in [0.05, 0.1) is 5.56 Å². The third kappa shape index (κ3) is 8.45. The minimum atomic E-state index is -1.36. The summed E-state index contributed by atoms with van der Waals surface area (Å²) < 4.78 is 31.2. The minimum Gasteiger partial charge on any atom is -0.457 e. The van der Waals surface area contributed by atoms with E-state index in [9.17, 15) is 14.9 Å². The number of ether oxygens (including phenoxy) is 2. The molecule has 5 aromatic rings. The number of piperazine rings is 1. The summed E-state index contributed by atoms with van der Waals surface area (Å²) in [6, 6.07) is 29.3. The Morgan fingerprint density at radius 3 is 2.45 bits per heavy atom. The van der Waals surface area contributed by atoms with Gasteiger partial charge >= 0.3 is 7.26 Å². The molecule has 8 rings (SSSR count). The van der Waals surface area contributed by atoms with Gasteiger partial charge in [0, 0.05) is 86.9 Å². The molecule has 0 saturated carbocycles. The van der Waals surface area contributed by atoms with Crippen LogP contribution < -0.4 is 20.5 Å². The zero-order chi connectivity index (χ0) is 41.8. The van der Waals surface area contributed by atoms with E-state index < -0.39 is 13.2 Å². The first-order valence-corrected chi connectivity index (χ1v) is 19.7. The van der Waals surface area contributed by atoms with Gasteiger partial charge in [-0.15, -0.1) is 0 Å². The van der Waals surface area contributed by atoms with Crippen LogP contribution in [-0.2, 0) is 16.0 Å². The minimum absolute atomic E-state index is 0.00983. The number of hydrogen-bond acceptors (Lipinski definition) is 9. The number of nitriles is 1. The van der Waals surface area contributed by atoms with Crippen molar-refractivity contribution in [2.24, 2.45) is 0 Å². The zero-order valence-electron chi connectivity index (χ0n) is 33.2. The number of nitrogens with two attached hydrogens (primary N) is 1. The van der Waals surface area contributed by atoms with Crippen molar-refractivity contribution >= 4 is 42.4 Å². The molecule has 3 aromatic carbocycles. The number of allylic oxidation sites excluding steroid dienone is 2. The third-order valence-corrected chi connectivity index (χ3v) is 10.7. The number of para-hydroxylation sites is 1. The van der Waals surface area contributed by atoms with Crippen molar-refractivity contribution in [1.82, 2.24) is 24.2 Å². The standard InChI is InChI=1S/C45H41BFN9O4/c1-30-25-31(2)55-40(30)27-36-14-13-35(56(36)46(55)47)15-18-41(57)54-23-21-53(22-24-54)20-19-33(28-48)44(58)52-34-7-6-10-39(26-34)60-45-42(43(49)50-29-51-45)32-11-16-38(17-12-32)59-37-8-4-3-5-9-37/h3-14,16-17,19,25-27,29H,15,18,20-24H2,1-2H3,(H2-,49,50,51,52,58)/p+1/b33-19+. The molecule has 3 N–H and O–H groups in total. The van der Waals surface area contributed by atoms with E-state index in [4.69, 9.17) is 15.2 Å². The number of rotatable bonds is 12. The number of halogens is 1. The van der Waals surface area contributed by atoms with Crippen LogP contribution in [-0.4, -0.2) is 86.2 Å². The van der Waals surface area contributed by atoms with Gasteiger partial charge in [0.2, 0.25) is 11.8 Å². The van der Waals surface area contributed by atoms with E-state index in [1.807, 2.05) is 104 Å². The van der Waals surface area contributed by atoms with Crippen LogP contribution in [0.25, 0.3) is 17.2 Å². The van der Waals surface area contributed by atoms with Crippen molar-refractivity contribution in [3.8, 4) is 40.3 Å². The normalized spacial score (nSPS) is 15.1. The van der Waals surface area contributed by atoms with Gasteiger partial charge in [0.1, 0.15) is 41.0 Å². The molecule has 1 saturated heterocycles. The maximum Gasteiger partial charge on any atom is 0.846 e. The van der Waals surface area contributed by atoms with Crippen LogP contribution in [0, 0.1) is 11.3 Å². The molecule has 2 aromatic heterocycles. The fraction of sp³-hybridized carbons (Fsp3) is 0.200. The summed E-state index contributed by atoms with van der Waals surface area (Å²) in [6.45, 7) is 6.44. The van der Waals surface area contributed by atoms with E-state index in [-0.39, 0.29) is 29.6 Å². The Morgan fingerprint density at radius 1 is 0.933 bits per heavy atom. The van der Waals surface area contributed by atoms with Gasteiger partial charge in [-0.3, -0.25) is 19.0 Å². The molecule has 300 valence electrons. The summed E-state index contributed by atoms with van der Waals surface area (Å²) in [5, 5.41) is 12.7. The highest BCUT2D eigenvalue weighted by molar-refractivity contribution is 6.43. The summed E-state index contributed by atoms with van der Waals surface area (Å²) in [4.78, 5) is 38.9. The Bertz CT molecular complexity index is 2620. The van der Waals surface area contributed by atoms with E-state index >= 15 is 4.32 Å². The molecule has 3 aliphatic heterocycles. The number of aryl methyl sites for hydroxylation is 1. The highest BCUT2D eigenvalue weighted by Gasteiger charge is 2.48. The van der Waals surface area contributed by atoms with Gasteiger partial charge in [-0.2, -0.15) is 5.26 Å². The van der Waals surface area contributed by atoms with E-state index in [0.29, 0.717) is 73.2 Å². The van der Waals surface area contributed by atoms with E-state index in [2.05, 4.69) is 20.2 Å². The summed E-state index contributed by atoms with van der Waals surface area (Å²) in [5.74, 6) is 1.63. The van der Waals surface area contributed by atoms with E-state index in [1.54, 1.807) is 39.3 Å². The molecule has 0 spiro atoms. The molecular weight excluding hydrogens is 760 g/mol. The van der Waals surface area contributed by atoms with Gasteiger partial charge in [-0.1, -0.05) is 36.4 Å². The Labute approximate surface area is 347 Å². The number of carbonyl (C=O) groups is 2. The molecule has 0 atom stereocenters.